The highest BCUT2D eigenvalue weighted by atomic mass is 16.7. The lowest BCUT2D eigenvalue weighted by Gasteiger charge is -2.35. The first-order valence-corrected chi connectivity index (χ1v) is 9.12. The summed E-state index contributed by atoms with van der Waals surface area (Å²) >= 11 is 0. The van der Waals surface area contributed by atoms with E-state index in [4.69, 9.17) is 9.57 Å². The van der Waals surface area contributed by atoms with Gasteiger partial charge in [-0.25, -0.2) is 0 Å². The normalized spacial score (nSPS) is 31.2. The van der Waals surface area contributed by atoms with E-state index in [1.807, 2.05) is 65.7 Å². The van der Waals surface area contributed by atoms with Gasteiger partial charge in [0.05, 0.1) is 25.9 Å². The van der Waals surface area contributed by atoms with Gasteiger partial charge in [-0.15, -0.1) is 0 Å². The number of hydroxylamine groups is 2. The highest BCUT2D eigenvalue weighted by Crippen LogP contribution is 2.44. The van der Waals surface area contributed by atoms with Crippen LogP contribution in [0.25, 0.3) is 0 Å². The Balaban J connectivity index is 1.47. The molecule has 1 saturated heterocycles. The number of nitrogens with zero attached hydrogens (tertiary/aromatic N) is 1. The van der Waals surface area contributed by atoms with Crippen molar-refractivity contribution in [2.75, 3.05) is 13.2 Å². The van der Waals surface area contributed by atoms with E-state index in [0.29, 0.717) is 26.2 Å². The van der Waals surface area contributed by atoms with Crippen LogP contribution in [0.1, 0.15) is 17.5 Å². The van der Waals surface area contributed by atoms with Crippen molar-refractivity contribution in [2.24, 2.45) is 5.92 Å². The third-order valence-electron chi connectivity index (χ3n) is 5.56. The lowest BCUT2D eigenvalue weighted by atomic mass is 9.99. The van der Waals surface area contributed by atoms with Crippen LogP contribution in [0.5, 0.6) is 0 Å². The average molecular weight is 355 g/mol. The molecule has 2 N–H and O–H groups in total. The zero-order valence-corrected chi connectivity index (χ0v) is 14.7. The molecule has 2 aromatic rings. The second-order valence-electron chi connectivity index (χ2n) is 7.25. The fraction of sp³-hybridized carbons (Fsp3) is 0.429. The summed E-state index contributed by atoms with van der Waals surface area (Å²) < 4.78 is 6.09. The van der Waals surface area contributed by atoms with E-state index in [1.165, 1.54) is 0 Å². The van der Waals surface area contributed by atoms with E-state index in [2.05, 4.69) is 0 Å². The Morgan fingerprint density at radius 1 is 1.04 bits per heavy atom. The third-order valence-corrected chi connectivity index (χ3v) is 5.56. The van der Waals surface area contributed by atoms with Gasteiger partial charge in [0, 0.05) is 12.5 Å². The van der Waals surface area contributed by atoms with Crippen LogP contribution in [0.4, 0.5) is 0 Å². The van der Waals surface area contributed by atoms with Gasteiger partial charge in [-0.2, -0.15) is 5.06 Å². The number of aliphatic hydroxyl groups excluding tert-OH is 2. The number of rotatable bonds is 6. The topological polar surface area (TPSA) is 62.2 Å². The van der Waals surface area contributed by atoms with Gasteiger partial charge >= 0.3 is 0 Å². The van der Waals surface area contributed by atoms with Crippen LogP contribution < -0.4 is 0 Å². The molecule has 1 aliphatic carbocycles. The van der Waals surface area contributed by atoms with Gasteiger partial charge in [0.2, 0.25) is 0 Å². The Labute approximate surface area is 153 Å². The zero-order chi connectivity index (χ0) is 18.0. The minimum Gasteiger partial charge on any atom is -0.393 e. The number of aliphatic hydroxyl groups is 2. The van der Waals surface area contributed by atoms with E-state index in [1.54, 1.807) is 0 Å². The summed E-state index contributed by atoms with van der Waals surface area (Å²) in [6.07, 6.45) is -0.208. The number of hydrogen-bond acceptors (Lipinski definition) is 5. The van der Waals surface area contributed by atoms with Crippen molar-refractivity contribution >= 4 is 0 Å². The second kappa shape index (κ2) is 7.47. The molecule has 2 aliphatic rings. The maximum Gasteiger partial charge on any atom is 0.119 e. The molecule has 0 amide bonds. The number of benzene rings is 2. The molecule has 0 spiro atoms. The Morgan fingerprint density at radius 3 is 2.35 bits per heavy atom. The molecule has 138 valence electrons. The summed E-state index contributed by atoms with van der Waals surface area (Å²) in [4.78, 5) is 5.83. The van der Waals surface area contributed by atoms with Gasteiger partial charge in [-0.3, -0.25) is 4.84 Å². The fourth-order valence-electron chi connectivity index (χ4n) is 4.15. The van der Waals surface area contributed by atoms with Crippen LogP contribution in [0.3, 0.4) is 0 Å². The van der Waals surface area contributed by atoms with Gasteiger partial charge in [0.1, 0.15) is 11.7 Å². The smallest absolute Gasteiger partial charge is 0.119 e. The minimum atomic E-state index is -0.941. The SMILES string of the molecule is OC[C@]1(OCc2ccccc2)C[C@@H]2CON(Cc3ccccc3)[C@@H]2[C@@H]1O. The van der Waals surface area contributed by atoms with Crippen LogP contribution in [-0.4, -0.2) is 46.2 Å². The first-order chi connectivity index (χ1) is 12.7. The van der Waals surface area contributed by atoms with Crippen molar-refractivity contribution in [1.29, 1.82) is 0 Å². The summed E-state index contributed by atoms with van der Waals surface area (Å²) in [5, 5.41) is 22.9. The Kier molecular flexibility index (Phi) is 5.07. The molecule has 2 aromatic carbocycles. The van der Waals surface area contributed by atoms with E-state index in [-0.39, 0.29) is 18.6 Å². The highest BCUT2D eigenvalue weighted by molar-refractivity contribution is 5.17. The summed E-state index contributed by atoms with van der Waals surface area (Å²) in [7, 11) is 0. The molecule has 4 atom stereocenters. The van der Waals surface area contributed by atoms with Gasteiger partial charge in [0.15, 0.2) is 0 Å². The molecule has 4 rings (SSSR count). The Morgan fingerprint density at radius 2 is 1.69 bits per heavy atom. The first-order valence-electron chi connectivity index (χ1n) is 9.12. The van der Waals surface area contributed by atoms with Gasteiger partial charge < -0.3 is 14.9 Å². The molecular formula is C21H25NO4. The van der Waals surface area contributed by atoms with E-state index in [0.717, 1.165) is 11.1 Å². The van der Waals surface area contributed by atoms with Crippen LogP contribution in [-0.2, 0) is 22.7 Å². The molecule has 0 radical (unpaired) electrons. The van der Waals surface area contributed by atoms with Crippen molar-refractivity contribution in [2.45, 2.75) is 37.3 Å². The number of ether oxygens (including phenoxy) is 1. The summed E-state index contributed by atoms with van der Waals surface area (Å²) in [6.45, 7) is 1.33. The molecule has 2 fully saturated rings. The van der Waals surface area contributed by atoms with Crippen molar-refractivity contribution < 1.29 is 19.8 Å². The maximum atomic E-state index is 11.0. The quantitative estimate of drug-likeness (QED) is 0.831. The molecule has 1 aliphatic heterocycles. The molecule has 1 saturated carbocycles. The van der Waals surface area contributed by atoms with Crippen molar-refractivity contribution in [3.8, 4) is 0 Å². The van der Waals surface area contributed by atoms with Crippen molar-refractivity contribution in [3.05, 3.63) is 71.8 Å². The van der Waals surface area contributed by atoms with Crippen LogP contribution in [0.2, 0.25) is 0 Å². The predicted molar refractivity (Wildman–Crippen MR) is 96.9 cm³/mol. The molecule has 0 bridgehead atoms. The van der Waals surface area contributed by atoms with E-state index in [9.17, 15) is 10.2 Å². The van der Waals surface area contributed by atoms with Crippen molar-refractivity contribution in [3.63, 3.8) is 0 Å². The molecule has 5 heteroatoms. The molecule has 0 unspecified atom stereocenters. The van der Waals surface area contributed by atoms with E-state index < -0.39 is 11.7 Å². The molecule has 0 aromatic heterocycles. The third kappa shape index (κ3) is 3.29. The largest absolute Gasteiger partial charge is 0.393 e. The lowest BCUT2D eigenvalue weighted by Crippen LogP contribution is -2.51. The lowest BCUT2D eigenvalue weighted by molar-refractivity contribution is -0.201. The first kappa shape index (κ1) is 17.6. The minimum absolute atomic E-state index is 0.150. The monoisotopic (exact) mass is 355 g/mol. The summed E-state index contributed by atoms with van der Waals surface area (Å²) in [5.41, 5.74) is 1.22. The van der Waals surface area contributed by atoms with Crippen LogP contribution in [0, 0.1) is 5.92 Å². The standard InChI is InChI=1S/C21H25NO4/c23-15-21(25-13-17-9-5-2-6-10-17)11-18-14-26-22(19(18)20(21)24)12-16-7-3-1-4-8-16/h1-10,18-20,23-24H,11-15H2/t18-,19+,20+,21-/m1/s1. The number of fused-ring (bicyclic) bond motifs is 1. The van der Waals surface area contributed by atoms with Gasteiger partial charge in [-0.05, 0) is 17.5 Å². The molecular weight excluding hydrogens is 330 g/mol. The zero-order valence-electron chi connectivity index (χ0n) is 14.7. The molecule has 5 nitrogen and oxygen atoms in total. The molecule has 1 heterocycles. The van der Waals surface area contributed by atoms with Crippen LogP contribution >= 0.6 is 0 Å². The van der Waals surface area contributed by atoms with Crippen LogP contribution in [0.15, 0.2) is 60.7 Å². The maximum absolute atomic E-state index is 11.0. The predicted octanol–water partition coefficient (Wildman–Crippen LogP) is 2.13. The van der Waals surface area contributed by atoms with Crippen molar-refractivity contribution in [1.82, 2.24) is 5.06 Å². The molecule has 26 heavy (non-hydrogen) atoms. The van der Waals surface area contributed by atoms with Gasteiger partial charge in [-0.1, -0.05) is 60.7 Å². The summed E-state index contributed by atoms with van der Waals surface area (Å²) in [5.74, 6) is 0.150. The van der Waals surface area contributed by atoms with E-state index >= 15 is 0 Å². The van der Waals surface area contributed by atoms with Gasteiger partial charge in [0.25, 0.3) is 0 Å². The second-order valence-corrected chi connectivity index (χ2v) is 7.25. The fourth-order valence-corrected chi connectivity index (χ4v) is 4.15. The highest BCUT2D eigenvalue weighted by Gasteiger charge is 2.58. The Hall–Kier alpha value is -1.76. The number of hydrogen-bond donors (Lipinski definition) is 2. The average Bonchev–Trinajstić information content (AvgIpc) is 3.20. The summed E-state index contributed by atoms with van der Waals surface area (Å²) in [6, 6.07) is 19.7. The Bertz CT molecular complexity index is 710.